The molecule has 1 heterocycles. The molecule has 11 rings (SSSR count). The van der Waals surface area contributed by atoms with Gasteiger partial charge in [-0.15, -0.1) is 0 Å². The predicted molar refractivity (Wildman–Crippen MR) is 408 cm³/mol. The van der Waals surface area contributed by atoms with Crippen molar-refractivity contribution in [3.63, 3.8) is 0 Å². The van der Waals surface area contributed by atoms with Crippen molar-refractivity contribution in [2.75, 3.05) is 0 Å². The molecule has 0 saturated heterocycles. The standard InChI is InChI=1S/C92H103F2N/c1-85(2,3)69-39-64(40-70(51-69)86(4,5)6)60-33-58(34-61(37-60)65-41-71(87(7,8)9)52-72(42-65)88(10,11)12)56-29-31-83-80(49-56)81-50-57(30-32-84(81)95(83)82-28-26-25-27-79(82)68-47-77(93)55-78(94)48-68)59-35-62(66-43-73(89(13,14)15)53-74(44-66)90(16,17)18)38-63(36-59)67-45-75(91(19,20)21)54-76(46-67)92(22,23)24/h25-55H,1-24H3. The Bertz CT molecular complexity index is 4190. The normalized spacial score (nSPS) is 13.2. The number of halogens is 2. The zero-order chi connectivity index (χ0) is 69.2. The molecule has 3 heteroatoms. The minimum absolute atomic E-state index is 0.0816. The molecule has 0 aliphatic rings. The summed E-state index contributed by atoms with van der Waals surface area (Å²) in [6.45, 7) is 55.6. The van der Waals surface area contributed by atoms with Gasteiger partial charge in [0.25, 0.3) is 0 Å². The van der Waals surface area contributed by atoms with Gasteiger partial charge in [0.2, 0.25) is 0 Å². The largest absolute Gasteiger partial charge is 0.309 e. The van der Waals surface area contributed by atoms with E-state index < -0.39 is 11.6 Å². The molecule has 0 atom stereocenters. The number of rotatable bonds is 8. The lowest BCUT2D eigenvalue weighted by atomic mass is 9.77. The van der Waals surface area contributed by atoms with Crippen LogP contribution in [0.3, 0.4) is 0 Å². The summed E-state index contributed by atoms with van der Waals surface area (Å²) in [7, 11) is 0. The van der Waals surface area contributed by atoms with E-state index in [4.69, 9.17) is 0 Å². The van der Waals surface area contributed by atoms with E-state index in [2.05, 4.69) is 322 Å². The lowest BCUT2D eigenvalue weighted by Crippen LogP contribution is -2.16. The second kappa shape index (κ2) is 23.9. The fourth-order valence-corrected chi connectivity index (χ4v) is 13.2. The van der Waals surface area contributed by atoms with Crippen LogP contribution in [0.15, 0.2) is 188 Å². The topological polar surface area (TPSA) is 4.93 Å². The van der Waals surface area contributed by atoms with Crippen molar-refractivity contribution in [3.8, 4) is 83.6 Å². The Hall–Kier alpha value is -8.14. The van der Waals surface area contributed by atoms with Gasteiger partial charge in [0, 0.05) is 22.4 Å². The summed E-state index contributed by atoms with van der Waals surface area (Å²) in [5, 5.41) is 2.13. The van der Waals surface area contributed by atoms with Crippen LogP contribution in [-0.2, 0) is 43.3 Å². The van der Waals surface area contributed by atoms with E-state index in [0.717, 1.165) is 83.6 Å². The average molecular weight is 1260 g/mol. The average Bonchev–Trinajstić information content (AvgIpc) is 1.61. The first-order chi connectivity index (χ1) is 43.9. The molecule has 1 aromatic heterocycles. The van der Waals surface area contributed by atoms with Gasteiger partial charge in [-0.25, -0.2) is 8.78 Å². The Morgan fingerprint density at radius 2 is 0.442 bits per heavy atom. The third-order valence-corrected chi connectivity index (χ3v) is 19.6. The molecule has 0 radical (unpaired) electrons. The van der Waals surface area contributed by atoms with Crippen molar-refractivity contribution in [2.45, 2.75) is 209 Å². The van der Waals surface area contributed by atoms with Gasteiger partial charge in [-0.3, -0.25) is 0 Å². The third-order valence-electron chi connectivity index (χ3n) is 19.6. The van der Waals surface area contributed by atoms with Gasteiger partial charge in [-0.2, -0.15) is 0 Å². The number of aromatic nitrogens is 1. The molecule has 10 aromatic carbocycles. The van der Waals surface area contributed by atoms with Crippen molar-refractivity contribution in [1.82, 2.24) is 4.57 Å². The maximum absolute atomic E-state index is 15.4. The third kappa shape index (κ3) is 14.4. The van der Waals surface area contributed by atoms with E-state index >= 15 is 8.78 Å². The van der Waals surface area contributed by atoms with Crippen LogP contribution >= 0.6 is 0 Å². The van der Waals surface area contributed by atoms with Crippen LogP contribution < -0.4 is 0 Å². The monoisotopic (exact) mass is 1260 g/mol. The molecular weight excluding hydrogens is 1160 g/mol. The Balaban J connectivity index is 1.23. The molecule has 0 fully saturated rings. The zero-order valence-corrected chi connectivity index (χ0v) is 61.6. The maximum Gasteiger partial charge on any atom is 0.126 e. The highest BCUT2D eigenvalue weighted by Gasteiger charge is 2.28. The molecule has 0 N–H and O–H groups in total. The Morgan fingerprint density at radius 3 is 0.695 bits per heavy atom. The number of hydrogen-bond donors (Lipinski definition) is 0. The minimum atomic E-state index is -0.617. The molecule has 11 aromatic rings. The van der Waals surface area contributed by atoms with E-state index in [-0.39, 0.29) is 43.3 Å². The molecule has 0 saturated carbocycles. The maximum atomic E-state index is 15.4. The molecule has 0 aliphatic heterocycles. The van der Waals surface area contributed by atoms with Crippen LogP contribution in [0, 0.1) is 11.6 Å². The van der Waals surface area contributed by atoms with Crippen LogP contribution in [0.2, 0.25) is 0 Å². The fourth-order valence-electron chi connectivity index (χ4n) is 13.2. The second-order valence-corrected chi connectivity index (χ2v) is 35.8. The molecular formula is C92H103F2N. The predicted octanol–water partition coefficient (Wildman–Crippen LogP) is 27.1. The quantitative estimate of drug-likeness (QED) is 0.143. The molecule has 490 valence electrons. The van der Waals surface area contributed by atoms with Crippen LogP contribution in [0.1, 0.15) is 211 Å². The summed E-state index contributed by atoms with van der Waals surface area (Å²) in [6, 6.07) is 69.1. The van der Waals surface area contributed by atoms with E-state index in [1.807, 2.05) is 18.2 Å². The van der Waals surface area contributed by atoms with Gasteiger partial charge in [-0.05, 0) is 239 Å². The Morgan fingerprint density at radius 1 is 0.211 bits per heavy atom. The zero-order valence-electron chi connectivity index (χ0n) is 61.6. The SMILES string of the molecule is CC(C)(C)c1cc(-c2cc(-c3cc(C(C)(C)C)cc(C(C)(C)C)c3)cc(-c3ccc4c(c3)c3cc(-c5cc(-c6cc(C(C)(C)C)cc(C(C)(C)C)c6)cc(-c6cc(C(C)(C)C)cc(C(C)(C)C)c6)c5)ccc3n4-c3ccccc3-c3cc(F)cc(F)c3)c2)cc(C(C)(C)C)c1. The van der Waals surface area contributed by atoms with Gasteiger partial charge >= 0.3 is 0 Å². The number of hydrogen-bond acceptors (Lipinski definition) is 0. The summed E-state index contributed by atoms with van der Waals surface area (Å²) in [5.41, 5.74) is 27.6. The van der Waals surface area contributed by atoms with E-state index in [1.54, 1.807) is 0 Å². The molecule has 0 aliphatic carbocycles. The van der Waals surface area contributed by atoms with Gasteiger partial charge in [0.15, 0.2) is 0 Å². The van der Waals surface area contributed by atoms with E-state index in [9.17, 15) is 0 Å². The molecule has 0 spiro atoms. The molecule has 0 unspecified atom stereocenters. The van der Waals surface area contributed by atoms with Crippen LogP contribution in [0.25, 0.3) is 105 Å². The van der Waals surface area contributed by atoms with Gasteiger partial charge in [0.1, 0.15) is 11.6 Å². The fraction of sp³-hybridized carbons (Fsp3) is 0.348. The molecule has 1 nitrogen and oxygen atoms in total. The number of benzene rings is 10. The number of nitrogens with zero attached hydrogens (tertiary/aromatic N) is 1. The van der Waals surface area contributed by atoms with Crippen molar-refractivity contribution < 1.29 is 8.78 Å². The summed E-state index contributed by atoms with van der Waals surface area (Å²) in [5.74, 6) is -1.23. The van der Waals surface area contributed by atoms with Crippen LogP contribution in [0.4, 0.5) is 8.78 Å². The number of para-hydroxylation sites is 1. The van der Waals surface area contributed by atoms with Gasteiger partial charge < -0.3 is 4.57 Å². The number of fused-ring (bicyclic) bond motifs is 3. The summed E-state index contributed by atoms with van der Waals surface area (Å²) < 4.78 is 33.1. The first-order valence-electron chi connectivity index (χ1n) is 34.5. The lowest BCUT2D eigenvalue weighted by Gasteiger charge is -2.27. The highest BCUT2D eigenvalue weighted by Crippen LogP contribution is 2.46. The van der Waals surface area contributed by atoms with Crippen molar-refractivity contribution in [2.24, 2.45) is 0 Å². The molecule has 0 amide bonds. The van der Waals surface area contributed by atoms with Crippen LogP contribution in [0.5, 0.6) is 0 Å². The van der Waals surface area contributed by atoms with Gasteiger partial charge in [-0.1, -0.05) is 269 Å². The van der Waals surface area contributed by atoms with E-state index in [1.165, 1.54) is 78.9 Å². The smallest absolute Gasteiger partial charge is 0.126 e. The minimum Gasteiger partial charge on any atom is -0.309 e. The van der Waals surface area contributed by atoms with Crippen molar-refractivity contribution in [3.05, 3.63) is 244 Å². The summed E-state index contributed by atoms with van der Waals surface area (Å²) in [4.78, 5) is 0. The van der Waals surface area contributed by atoms with E-state index in [0.29, 0.717) is 5.56 Å². The molecule has 95 heavy (non-hydrogen) atoms. The van der Waals surface area contributed by atoms with Gasteiger partial charge in [0.05, 0.1) is 16.7 Å². The first kappa shape index (κ1) is 68.3. The van der Waals surface area contributed by atoms with Crippen LogP contribution in [-0.4, -0.2) is 4.57 Å². The highest BCUT2D eigenvalue weighted by atomic mass is 19.1. The Labute approximate surface area is 569 Å². The first-order valence-corrected chi connectivity index (χ1v) is 34.5. The molecule has 0 bridgehead atoms. The lowest BCUT2D eigenvalue weighted by molar-refractivity contribution is 0.568. The summed E-state index contributed by atoms with van der Waals surface area (Å²) in [6.07, 6.45) is 0. The Kier molecular flexibility index (Phi) is 17.2. The second-order valence-electron chi connectivity index (χ2n) is 35.8. The van der Waals surface area contributed by atoms with Crippen molar-refractivity contribution >= 4 is 21.8 Å². The van der Waals surface area contributed by atoms with Crippen molar-refractivity contribution in [1.29, 1.82) is 0 Å². The summed E-state index contributed by atoms with van der Waals surface area (Å²) >= 11 is 0. The highest BCUT2D eigenvalue weighted by molar-refractivity contribution is 6.12.